The summed E-state index contributed by atoms with van der Waals surface area (Å²) in [6, 6.07) is 14.2. The number of pyridine rings is 1. The number of fused-ring (bicyclic) bond motifs is 2. The number of benzene rings is 2. The van der Waals surface area contributed by atoms with Gasteiger partial charge in [-0.25, -0.2) is 0 Å². The van der Waals surface area contributed by atoms with E-state index < -0.39 is 30.0 Å². The number of aromatic nitrogens is 1. The number of aromatic amines is 1. The molecule has 0 saturated carbocycles. The van der Waals surface area contributed by atoms with Gasteiger partial charge < -0.3 is 25.3 Å². The molecule has 1 atom stereocenters. The molecule has 0 spiro atoms. The maximum atomic E-state index is 11.9. The molecule has 1 aromatic heterocycles. The minimum absolute atomic E-state index is 0.0334. The molecule has 32 heavy (non-hydrogen) atoms. The van der Waals surface area contributed by atoms with Crippen LogP contribution in [0.3, 0.4) is 0 Å². The lowest BCUT2D eigenvalue weighted by molar-refractivity contribution is -0.145. The van der Waals surface area contributed by atoms with E-state index in [1.807, 2.05) is 12.1 Å². The number of aliphatic carboxylic acids is 1. The van der Waals surface area contributed by atoms with E-state index in [4.69, 9.17) is 9.84 Å². The lowest BCUT2D eigenvalue weighted by atomic mass is 9.97. The maximum absolute atomic E-state index is 11.9. The summed E-state index contributed by atoms with van der Waals surface area (Å²) in [7, 11) is 0. The number of carbonyl (C=O) groups excluding carboxylic acids is 1. The minimum atomic E-state index is -1.31. The van der Waals surface area contributed by atoms with Crippen LogP contribution >= 0.6 is 0 Å². The van der Waals surface area contributed by atoms with Crippen LogP contribution in [0.15, 0.2) is 53.3 Å². The summed E-state index contributed by atoms with van der Waals surface area (Å²) in [5, 5.41) is 23.7. The molecule has 0 aliphatic heterocycles. The van der Waals surface area contributed by atoms with Gasteiger partial charge in [-0.05, 0) is 48.6 Å². The zero-order valence-corrected chi connectivity index (χ0v) is 17.6. The van der Waals surface area contributed by atoms with Crippen molar-refractivity contribution in [3.05, 3.63) is 75.6 Å². The highest BCUT2D eigenvalue weighted by atomic mass is 16.5. The third kappa shape index (κ3) is 4.56. The van der Waals surface area contributed by atoms with Gasteiger partial charge in [0, 0.05) is 23.5 Å². The Hall–Kier alpha value is -3.49. The van der Waals surface area contributed by atoms with E-state index in [2.05, 4.69) is 29.4 Å². The van der Waals surface area contributed by atoms with E-state index in [0.717, 1.165) is 12.8 Å². The molecule has 0 fully saturated rings. The molecule has 4 rings (SSSR count). The largest absolute Gasteiger partial charge is 0.481 e. The molecule has 8 nitrogen and oxygen atoms in total. The molecule has 4 N–H and O–H groups in total. The highest BCUT2D eigenvalue weighted by molar-refractivity contribution is 5.94. The van der Waals surface area contributed by atoms with Gasteiger partial charge >= 0.3 is 11.9 Å². The number of hydrogen-bond acceptors (Lipinski definition) is 6. The lowest BCUT2D eigenvalue weighted by Crippen LogP contribution is -2.45. The van der Waals surface area contributed by atoms with Gasteiger partial charge in [0.15, 0.2) is 5.75 Å². The highest BCUT2D eigenvalue weighted by Crippen LogP contribution is 2.32. The summed E-state index contributed by atoms with van der Waals surface area (Å²) in [5.41, 5.74) is 2.79. The Balaban J connectivity index is 1.55. The Morgan fingerprint density at radius 2 is 1.81 bits per heavy atom. The van der Waals surface area contributed by atoms with Crippen LogP contribution in [-0.4, -0.2) is 39.2 Å². The number of aliphatic hydroxyl groups excluding tert-OH is 1. The number of carboxylic acids is 1. The van der Waals surface area contributed by atoms with Gasteiger partial charge in [0.25, 0.3) is 0 Å². The number of aliphatic hydroxyl groups is 1. The molecular formula is C24H24N2O6. The number of esters is 1. The van der Waals surface area contributed by atoms with Gasteiger partial charge in [-0.2, -0.15) is 0 Å². The molecule has 8 heteroatoms. The fourth-order valence-electron chi connectivity index (χ4n) is 4.29. The van der Waals surface area contributed by atoms with Crippen LogP contribution < -0.4 is 15.6 Å². The van der Waals surface area contributed by atoms with Crippen molar-refractivity contribution in [1.29, 1.82) is 0 Å². The van der Waals surface area contributed by atoms with Gasteiger partial charge in [-0.3, -0.25) is 14.4 Å². The van der Waals surface area contributed by atoms with E-state index in [-0.39, 0.29) is 23.3 Å². The quantitative estimate of drug-likeness (QED) is 0.254. The van der Waals surface area contributed by atoms with Crippen molar-refractivity contribution in [3.63, 3.8) is 0 Å². The van der Waals surface area contributed by atoms with Gasteiger partial charge in [0.2, 0.25) is 5.56 Å². The van der Waals surface area contributed by atoms with E-state index in [9.17, 15) is 19.5 Å². The molecule has 0 unspecified atom stereocenters. The zero-order valence-electron chi connectivity index (χ0n) is 17.6. The number of carbonyl (C=O) groups is 2. The minimum Gasteiger partial charge on any atom is -0.481 e. The van der Waals surface area contributed by atoms with Crippen molar-refractivity contribution in [3.8, 4) is 5.75 Å². The average Bonchev–Trinajstić information content (AvgIpc) is 3.08. The van der Waals surface area contributed by atoms with Crippen molar-refractivity contribution in [2.75, 3.05) is 6.54 Å². The summed E-state index contributed by atoms with van der Waals surface area (Å²) >= 11 is 0. The Morgan fingerprint density at radius 3 is 2.47 bits per heavy atom. The number of hydrogen-bond donors (Lipinski definition) is 4. The van der Waals surface area contributed by atoms with Crippen LogP contribution in [-0.2, 0) is 22.4 Å². The normalized spacial score (nSPS) is 15.3. The van der Waals surface area contributed by atoms with Crippen LogP contribution in [0.2, 0.25) is 0 Å². The first kappa shape index (κ1) is 21.7. The second-order valence-corrected chi connectivity index (χ2v) is 8.39. The Bertz CT molecular complexity index is 1220. The molecular weight excluding hydrogens is 412 g/mol. The summed E-state index contributed by atoms with van der Waals surface area (Å²) < 4.78 is 5.13. The molecule has 1 aliphatic carbocycles. The number of ether oxygens (including phenoxy) is 1. The van der Waals surface area contributed by atoms with E-state index in [1.54, 1.807) is 12.1 Å². The molecule has 1 aliphatic rings. The standard InChI is InChI=1S/C24H24N2O6/c1-24(11-14-4-2-3-5-15(14)12-24)25-13-18(27)16-6-8-19(32-22(31)10-21(29)30)23-17(16)7-9-20(28)26-23/h2-9,18,25,27H,10-13H2,1H3,(H,26,28)(H,29,30)/t18-/m0/s1. The van der Waals surface area contributed by atoms with Crippen LogP contribution in [0.25, 0.3) is 10.9 Å². The molecule has 2 aromatic carbocycles. The second kappa shape index (κ2) is 8.57. The van der Waals surface area contributed by atoms with Crippen molar-refractivity contribution < 1.29 is 24.5 Å². The Morgan fingerprint density at radius 1 is 1.12 bits per heavy atom. The van der Waals surface area contributed by atoms with Crippen LogP contribution in [0.1, 0.15) is 36.1 Å². The van der Waals surface area contributed by atoms with E-state index in [1.165, 1.54) is 23.3 Å². The van der Waals surface area contributed by atoms with Crippen molar-refractivity contribution in [2.45, 2.75) is 37.8 Å². The first-order valence-electron chi connectivity index (χ1n) is 10.3. The highest BCUT2D eigenvalue weighted by Gasteiger charge is 2.32. The maximum Gasteiger partial charge on any atom is 0.322 e. The smallest absolute Gasteiger partial charge is 0.322 e. The Kier molecular flexibility index (Phi) is 5.82. The van der Waals surface area contributed by atoms with E-state index >= 15 is 0 Å². The van der Waals surface area contributed by atoms with Gasteiger partial charge in [0.05, 0.1) is 11.6 Å². The fourth-order valence-corrected chi connectivity index (χ4v) is 4.29. The van der Waals surface area contributed by atoms with Crippen molar-refractivity contribution in [2.24, 2.45) is 0 Å². The van der Waals surface area contributed by atoms with Crippen molar-refractivity contribution >= 4 is 22.8 Å². The molecule has 1 heterocycles. The number of H-pyrrole nitrogens is 1. The first-order valence-corrected chi connectivity index (χ1v) is 10.3. The summed E-state index contributed by atoms with van der Waals surface area (Å²) in [5.74, 6) is -2.23. The summed E-state index contributed by atoms with van der Waals surface area (Å²) in [4.78, 5) is 37.0. The molecule has 0 saturated heterocycles. The molecule has 0 amide bonds. The summed E-state index contributed by atoms with van der Waals surface area (Å²) in [6.45, 7) is 2.41. The van der Waals surface area contributed by atoms with Crippen LogP contribution in [0.5, 0.6) is 5.75 Å². The number of carboxylic acid groups (broad SMARTS) is 1. The molecule has 166 valence electrons. The second-order valence-electron chi connectivity index (χ2n) is 8.39. The zero-order chi connectivity index (χ0) is 22.9. The third-order valence-corrected chi connectivity index (χ3v) is 5.77. The molecule has 3 aromatic rings. The average molecular weight is 436 g/mol. The molecule has 0 radical (unpaired) electrons. The third-order valence-electron chi connectivity index (χ3n) is 5.77. The topological polar surface area (TPSA) is 129 Å². The van der Waals surface area contributed by atoms with Gasteiger partial charge in [-0.1, -0.05) is 30.3 Å². The predicted molar refractivity (Wildman–Crippen MR) is 118 cm³/mol. The van der Waals surface area contributed by atoms with Crippen LogP contribution in [0, 0.1) is 0 Å². The van der Waals surface area contributed by atoms with Gasteiger partial charge in [0.1, 0.15) is 6.42 Å². The van der Waals surface area contributed by atoms with Gasteiger partial charge in [-0.15, -0.1) is 0 Å². The first-order chi connectivity index (χ1) is 15.2. The van der Waals surface area contributed by atoms with Crippen LogP contribution in [0.4, 0.5) is 0 Å². The van der Waals surface area contributed by atoms with E-state index in [0.29, 0.717) is 10.9 Å². The Labute approximate surface area is 183 Å². The monoisotopic (exact) mass is 436 g/mol. The summed E-state index contributed by atoms with van der Waals surface area (Å²) in [6.07, 6.45) is 0.0475. The number of β-amino-alcohol motifs (C(OH)–C–C–N with tert-alkyl or cyclic N) is 1. The number of nitrogens with one attached hydrogen (secondary N) is 2. The fraction of sp³-hybridized carbons (Fsp3) is 0.292. The van der Waals surface area contributed by atoms with Crippen molar-refractivity contribution in [1.82, 2.24) is 10.3 Å². The molecule has 0 bridgehead atoms. The lowest BCUT2D eigenvalue weighted by Gasteiger charge is -2.27. The number of rotatable bonds is 7. The predicted octanol–water partition coefficient (Wildman–Crippen LogP) is 2.09. The SMILES string of the molecule is CC1(NC[C@H](O)c2ccc(OC(=O)CC(=O)O)c3[nH]c(=O)ccc23)Cc2ccccc2C1.